The van der Waals surface area contributed by atoms with Crippen molar-refractivity contribution in [2.75, 3.05) is 0 Å². The second-order valence-electron chi connectivity index (χ2n) is 3.28. The van der Waals surface area contributed by atoms with Gasteiger partial charge < -0.3 is 14.7 Å². The SMILES string of the molecule is CC(C)c1ccc(Cl)cc1OB(O)O. The molecule has 0 fully saturated rings. The van der Waals surface area contributed by atoms with Crippen LogP contribution in [0.25, 0.3) is 0 Å². The number of hydrogen-bond donors (Lipinski definition) is 2. The quantitative estimate of drug-likeness (QED) is 0.755. The Balaban J connectivity index is 3.03. The third kappa shape index (κ3) is 2.91. The summed E-state index contributed by atoms with van der Waals surface area (Å²) >= 11 is 5.76. The molecule has 0 bridgehead atoms. The van der Waals surface area contributed by atoms with Gasteiger partial charge in [0.25, 0.3) is 0 Å². The van der Waals surface area contributed by atoms with Gasteiger partial charge in [-0.25, -0.2) is 0 Å². The molecule has 14 heavy (non-hydrogen) atoms. The van der Waals surface area contributed by atoms with Crippen LogP contribution in [0.5, 0.6) is 5.75 Å². The Morgan fingerprint density at radius 2 is 2.00 bits per heavy atom. The second-order valence-corrected chi connectivity index (χ2v) is 3.72. The molecule has 2 N–H and O–H groups in total. The summed E-state index contributed by atoms with van der Waals surface area (Å²) in [7, 11) is -1.81. The molecule has 0 heterocycles. The van der Waals surface area contributed by atoms with E-state index in [1.165, 1.54) is 0 Å². The molecular weight excluding hydrogens is 202 g/mol. The van der Waals surface area contributed by atoms with Gasteiger partial charge in [0.1, 0.15) is 5.75 Å². The van der Waals surface area contributed by atoms with E-state index in [1.807, 2.05) is 19.9 Å². The minimum absolute atomic E-state index is 0.237. The lowest BCUT2D eigenvalue weighted by Crippen LogP contribution is -2.21. The minimum Gasteiger partial charge on any atom is -0.512 e. The van der Waals surface area contributed by atoms with Crippen molar-refractivity contribution >= 4 is 18.9 Å². The minimum atomic E-state index is -1.81. The Hall–Kier alpha value is -0.705. The summed E-state index contributed by atoms with van der Waals surface area (Å²) in [5, 5.41) is 17.9. The third-order valence-electron chi connectivity index (χ3n) is 1.83. The van der Waals surface area contributed by atoms with Gasteiger partial charge in [-0.2, -0.15) is 0 Å². The Morgan fingerprint density at radius 1 is 1.36 bits per heavy atom. The van der Waals surface area contributed by atoms with Crippen LogP contribution in [-0.2, 0) is 0 Å². The van der Waals surface area contributed by atoms with Crippen molar-refractivity contribution in [1.29, 1.82) is 0 Å². The predicted molar refractivity (Wildman–Crippen MR) is 56.4 cm³/mol. The van der Waals surface area contributed by atoms with Gasteiger partial charge in [-0.15, -0.1) is 0 Å². The molecule has 1 rings (SSSR count). The van der Waals surface area contributed by atoms with Crippen LogP contribution in [0.3, 0.4) is 0 Å². The van der Waals surface area contributed by atoms with Crippen LogP contribution in [0.15, 0.2) is 18.2 Å². The van der Waals surface area contributed by atoms with Crippen molar-refractivity contribution in [3.8, 4) is 5.75 Å². The van der Waals surface area contributed by atoms with E-state index in [2.05, 4.69) is 0 Å². The number of rotatable bonds is 3. The number of benzene rings is 1. The van der Waals surface area contributed by atoms with Crippen LogP contribution in [0.2, 0.25) is 5.02 Å². The normalized spacial score (nSPS) is 10.4. The third-order valence-corrected chi connectivity index (χ3v) is 2.07. The highest BCUT2D eigenvalue weighted by Crippen LogP contribution is 2.29. The summed E-state index contributed by atoms with van der Waals surface area (Å²) in [4.78, 5) is 0. The Labute approximate surface area is 88.5 Å². The van der Waals surface area contributed by atoms with E-state index in [9.17, 15) is 0 Å². The molecule has 0 unspecified atom stereocenters. The fourth-order valence-corrected chi connectivity index (χ4v) is 1.36. The van der Waals surface area contributed by atoms with E-state index in [0.717, 1.165) is 5.56 Å². The molecule has 0 saturated carbocycles. The standard InChI is InChI=1S/C9H12BClO3/c1-6(2)8-4-3-7(11)5-9(8)14-10(12)13/h3-6,12-13H,1-2H3. The molecule has 0 spiro atoms. The fourth-order valence-electron chi connectivity index (χ4n) is 1.20. The fraction of sp³-hybridized carbons (Fsp3) is 0.333. The molecule has 0 atom stereocenters. The van der Waals surface area contributed by atoms with Crippen LogP contribution in [0.4, 0.5) is 0 Å². The summed E-state index contributed by atoms with van der Waals surface area (Å²) < 4.78 is 4.81. The lowest BCUT2D eigenvalue weighted by molar-refractivity contribution is 0.286. The molecule has 1 aromatic carbocycles. The van der Waals surface area contributed by atoms with E-state index in [4.69, 9.17) is 26.3 Å². The summed E-state index contributed by atoms with van der Waals surface area (Å²) in [5.74, 6) is 0.642. The second kappa shape index (κ2) is 4.69. The molecule has 0 aliphatic heterocycles. The highest BCUT2D eigenvalue weighted by molar-refractivity contribution is 6.34. The first kappa shape index (κ1) is 11.4. The molecule has 0 amide bonds. The summed E-state index contributed by atoms with van der Waals surface area (Å²) in [6.07, 6.45) is 0. The van der Waals surface area contributed by atoms with E-state index in [-0.39, 0.29) is 5.92 Å². The largest absolute Gasteiger partial charge is 0.707 e. The molecule has 0 radical (unpaired) electrons. The molecule has 0 saturated heterocycles. The summed E-state index contributed by atoms with van der Waals surface area (Å²) in [5.41, 5.74) is 0.891. The maximum atomic E-state index is 8.69. The molecule has 0 aromatic heterocycles. The van der Waals surface area contributed by atoms with Gasteiger partial charge in [-0.05, 0) is 23.6 Å². The molecular formula is C9H12BClO3. The van der Waals surface area contributed by atoms with Gasteiger partial charge in [0.15, 0.2) is 0 Å². The van der Waals surface area contributed by atoms with Gasteiger partial charge in [0.05, 0.1) is 0 Å². The van der Waals surface area contributed by atoms with Crippen molar-refractivity contribution in [3.05, 3.63) is 28.8 Å². The van der Waals surface area contributed by atoms with Crippen molar-refractivity contribution in [1.82, 2.24) is 0 Å². The van der Waals surface area contributed by atoms with Crippen LogP contribution >= 0.6 is 11.6 Å². The molecule has 3 nitrogen and oxygen atoms in total. The van der Waals surface area contributed by atoms with E-state index in [0.29, 0.717) is 10.8 Å². The Bertz CT molecular complexity index is 315. The first-order chi connectivity index (χ1) is 6.50. The maximum Gasteiger partial charge on any atom is 0.707 e. The van der Waals surface area contributed by atoms with Gasteiger partial charge in [-0.1, -0.05) is 31.5 Å². The van der Waals surface area contributed by atoms with Crippen LogP contribution in [0.1, 0.15) is 25.3 Å². The lowest BCUT2D eigenvalue weighted by Gasteiger charge is -2.13. The highest BCUT2D eigenvalue weighted by atomic mass is 35.5. The van der Waals surface area contributed by atoms with E-state index in [1.54, 1.807) is 12.1 Å². The molecule has 0 aliphatic rings. The lowest BCUT2D eigenvalue weighted by atomic mass is 10.0. The zero-order chi connectivity index (χ0) is 10.7. The Morgan fingerprint density at radius 3 is 2.50 bits per heavy atom. The van der Waals surface area contributed by atoms with Gasteiger partial charge in [0.2, 0.25) is 0 Å². The molecule has 1 aromatic rings. The van der Waals surface area contributed by atoms with Gasteiger partial charge in [0, 0.05) is 5.02 Å². The van der Waals surface area contributed by atoms with Crippen molar-refractivity contribution in [3.63, 3.8) is 0 Å². The van der Waals surface area contributed by atoms with Crippen molar-refractivity contribution < 1.29 is 14.7 Å². The summed E-state index contributed by atoms with van der Waals surface area (Å²) in [6, 6.07) is 5.12. The monoisotopic (exact) mass is 214 g/mol. The maximum absolute atomic E-state index is 8.69. The zero-order valence-electron chi connectivity index (χ0n) is 8.07. The Kier molecular flexibility index (Phi) is 3.81. The number of hydrogen-bond acceptors (Lipinski definition) is 3. The van der Waals surface area contributed by atoms with Gasteiger partial charge >= 0.3 is 7.32 Å². The smallest absolute Gasteiger partial charge is 0.512 e. The molecule has 76 valence electrons. The van der Waals surface area contributed by atoms with Crippen LogP contribution < -0.4 is 4.65 Å². The van der Waals surface area contributed by atoms with Gasteiger partial charge in [-0.3, -0.25) is 0 Å². The van der Waals surface area contributed by atoms with Crippen LogP contribution in [0, 0.1) is 0 Å². The molecule has 0 aliphatic carbocycles. The predicted octanol–water partition coefficient (Wildman–Crippen LogP) is 1.81. The van der Waals surface area contributed by atoms with E-state index >= 15 is 0 Å². The zero-order valence-corrected chi connectivity index (χ0v) is 8.82. The number of halogens is 1. The highest BCUT2D eigenvalue weighted by Gasteiger charge is 2.16. The van der Waals surface area contributed by atoms with Crippen molar-refractivity contribution in [2.45, 2.75) is 19.8 Å². The molecule has 5 heteroatoms. The average molecular weight is 214 g/mol. The average Bonchev–Trinajstić information content (AvgIpc) is 2.01. The van der Waals surface area contributed by atoms with E-state index < -0.39 is 7.32 Å². The first-order valence-corrected chi connectivity index (χ1v) is 4.70. The van der Waals surface area contributed by atoms with Crippen molar-refractivity contribution in [2.24, 2.45) is 0 Å². The summed E-state index contributed by atoms with van der Waals surface area (Å²) in [6.45, 7) is 3.97. The topological polar surface area (TPSA) is 49.7 Å². The van der Waals surface area contributed by atoms with Crippen LogP contribution in [-0.4, -0.2) is 17.4 Å². The first-order valence-electron chi connectivity index (χ1n) is 4.33.